The van der Waals surface area contributed by atoms with E-state index in [1.807, 2.05) is 37.5 Å². The van der Waals surface area contributed by atoms with E-state index < -0.39 is 6.04 Å². The smallest absolute Gasteiger partial charge is 0.242 e. The number of aromatic nitrogens is 2. The number of benzene rings is 1. The highest BCUT2D eigenvalue weighted by atomic mass is 16.5. The van der Waals surface area contributed by atoms with Crippen molar-refractivity contribution in [1.82, 2.24) is 20.4 Å². The third kappa shape index (κ3) is 4.81. The topological polar surface area (TPSA) is 77.4 Å². The number of likely N-dealkylation sites (N-methyl/N-ethyl adjacent to an activating group) is 1. The SMILES string of the molecule is CNC(C(=O)NCc1ccccc1OCCOC)c1cnn(C)c1. The molecule has 2 N–H and O–H groups in total. The van der Waals surface area contributed by atoms with Gasteiger partial charge in [0.2, 0.25) is 5.91 Å². The molecule has 130 valence electrons. The van der Waals surface area contributed by atoms with Gasteiger partial charge in [0, 0.05) is 38.0 Å². The van der Waals surface area contributed by atoms with Gasteiger partial charge in [-0.2, -0.15) is 5.10 Å². The van der Waals surface area contributed by atoms with E-state index in [2.05, 4.69) is 15.7 Å². The summed E-state index contributed by atoms with van der Waals surface area (Å²) in [5, 5.41) is 10.1. The summed E-state index contributed by atoms with van der Waals surface area (Å²) in [6.07, 6.45) is 3.51. The minimum absolute atomic E-state index is 0.114. The first-order valence-electron chi connectivity index (χ1n) is 7.79. The summed E-state index contributed by atoms with van der Waals surface area (Å²) in [4.78, 5) is 12.5. The van der Waals surface area contributed by atoms with Gasteiger partial charge in [0.05, 0.1) is 12.8 Å². The van der Waals surface area contributed by atoms with Gasteiger partial charge in [-0.1, -0.05) is 18.2 Å². The first-order chi connectivity index (χ1) is 11.7. The Morgan fingerprint density at radius 3 is 2.79 bits per heavy atom. The molecular formula is C17H24N4O3. The largest absolute Gasteiger partial charge is 0.491 e. The number of carbonyl (C=O) groups is 1. The summed E-state index contributed by atoms with van der Waals surface area (Å²) in [5.41, 5.74) is 1.74. The quantitative estimate of drug-likeness (QED) is 0.671. The number of ether oxygens (including phenoxy) is 2. The van der Waals surface area contributed by atoms with Gasteiger partial charge in [-0.15, -0.1) is 0 Å². The average Bonchev–Trinajstić information content (AvgIpc) is 3.01. The molecule has 1 unspecified atom stereocenters. The second-order valence-corrected chi connectivity index (χ2v) is 5.34. The molecule has 0 saturated carbocycles. The molecule has 0 bridgehead atoms. The summed E-state index contributed by atoms with van der Waals surface area (Å²) in [6.45, 7) is 1.38. The van der Waals surface area contributed by atoms with E-state index in [1.54, 1.807) is 25.0 Å². The van der Waals surface area contributed by atoms with Gasteiger partial charge in [-0.3, -0.25) is 9.48 Å². The van der Waals surface area contributed by atoms with Crippen LogP contribution in [0.15, 0.2) is 36.7 Å². The second kappa shape index (κ2) is 9.05. The van der Waals surface area contributed by atoms with Crippen LogP contribution >= 0.6 is 0 Å². The van der Waals surface area contributed by atoms with Crippen LogP contribution in [0.2, 0.25) is 0 Å². The van der Waals surface area contributed by atoms with Crippen LogP contribution in [0.3, 0.4) is 0 Å². The Morgan fingerprint density at radius 2 is 2.12 bits per heavy atom. The van der Waals surface area contributed by atoms with Crippen LogP contribution in [0.25, 0.3) is 0 Å². The number of hydrogen-bond donors (Lipinski definition) is 2. The van der Waals surface area contributed by atoms with Gasteiger partial charge >= 0.3 is 0 Å². The fraction of sp³-hybridized carbons (Fsp3) is 0.412. The zero-order chi connectivity index (χ0) is 17.4. The van der Waals surface area contributed by atoms with Crippen molar-refractivity contribution < 1.29 is 14.3 Å². The molecule has 0 saturated heterocycles. The molecule has 2 aromatic rings. The Balaban J connectivity index is 1.98. The predicted octanol–water partition coefficient (Wildman–Crippen LogP) is 1.02. The molecule has 7 heteroatoms. The van der Waals surface area contributed by atoms with Crippen LogP contribution in [0.5, 0.6) is 5.75 Å². The van der Waals surface area contributed by atoms with Crippen LogP contribution in [-0.2, 0) is 23.1 Å². The lowest BCUT2D eigenvalue weighted by Gasteiger charge is -2.16. The molecule has 1 amide bonds. The van der Waals surface area contributed by atoms with Gasteiger partial charge in [-0.25, -0.2) is 0 Å². The van der Waals surface area contributed by atoms with Crippen molar-refractivity contribution in [2.75, 3.05) is 27.4 Å². The number of amides is 1. The maximum atomic E-state index is 12.5. The first kappa shape index (κ1) is 18.0. The first-order valence-corrected chi connectivity index (χ1v) is 7.79. The standard InChI is InChI=1S/C17H24N4O3/c1-18-16(14-11-20-21(2)12-14)17(22)19-10-13-6-4-5-7-15(13)24-9-8-23-3/h4-7,11-12,16,18H,8-10H2,1-3H3,(H,19,22). The fourth-order valence-corrected chi connectivity index (χ4v) is 2.35. The molecule has 0 aliphatic rings. The van der Waals surface area contributed by atoms with E-state index in [0.717, 1.165) is 16.9 Å². The van der Waals surface area contributed by atoms with Crippen LogP contribution in [0.1, 0.15) is 17.2 Å². The zero-order valence-electron chi connectivity index (χ0n) is 14.3. The number of nitrogens with one attached hydrogen (secondary N) is 2. The maximum absolute atomic E-state index is 12.5. The molecule has 1 aromatic carbocycles. The van der Waals surface area contributed by atoms with Crippen molar-refractivity contribution in [1.29, 1.82) is 0 Å². The molecule has 0 aliphatic heterocycles. The highest BCUT2D eigenvalue weighted by molar-refractivity contribution is 5.83. The second-order valence-electron chi connectivity index (χ2n) is 5.34. The number of para-hydroxylation sites is 1. The third-order valence-electron chi connectivity index (χ3n) is 3.58. The molecule has 0 aliphatic carbocycles. The molecule has 1 aromatic heterocycles. The van der Waals surface area contributed by atoms with Crippen molar-refractivity contribution in [2.45, 2.75) is 12.6 Å². The fourth-order valence-electron chi connectivity index (χ4n) is 2.35. The van der Waals surface area contributed by atoms with Crippen molar-refractivity contribution in [2.24, 2.45) is 7.05 Å². The number of rotatable bonds is 9. The minimum atomic E-state index is -0.444. The van der Waals surface area contributed by atoms with Gasteiger partial charge in [0.25, 0.3) is 0 Å². The van der Waals surface area contributed by atoms with E-state index >= 15 is 0 Å². The number of nitrogens with zero attached hydrogens (tertiary/aromatic N) is 2. The van der Waals surface area contributed by atoms with Crippen LogP contribution in [0, 0.1) is 0 Å². The molecule has 0 fully saturated rings. The van der Waals surface area contributed by atoms with Gasteiger partial charge in [0.1, 0.15) is 18.4 Å². The summed E-state index contributed by atoms with van der Waals surface area (Å²) in [5.74, 6) is 0.634. The number of hydrogen-bond acceptors (Lipinski definition) is 5. The molecule has 24 heavy (non-hydrogen) atoms. The summed E-state index contributed by atoms with van der Waals surface area (Å²) in [6, 6.07) is 7.19. The van der Waals surface area contributed by atoms with E-state index in [-0.39, 0.29) is 5.91 Å². The average molecular weight is 332 g/mol. The van der Waals surface area contributed by atoms with Gasteiger partial charge < -0.3 is 20.1 Å². The van der Waals surface area contributed by atoms with Gasteiger partial charge in [0.15, 0.2) is 0 Å². The molecule has 2 rings (SSSR count). The van der Waals surface area contributed by atoms with Crippen molar-refractivity contribution in [3.63, 3.8) is 0 Å². The Hall–Kier alpha value is -2.38. The Labute approximate surface area is 142 Å². The summed E-state index contributed by atoms with van der Waals surface area (Å²) < 4.78 is 12.3. The minimum Gasteiger partial charge on any atom is -0.491 e. The van der Waals surface area contributed by atoms with E-state index in [4.69, 9.17) is 9.47 Å². The lowest BCUT2D eigenvalue weighted by atomic mass is 10.1. The highest BCUT2D eigenvalue weighted by Crippen LogP contribution is 2.18. The van der Waals surface area contributed by atoms with Crippen LogP contribution < -0.4 is 15.4 Å². The van der Waals surface area contributed by atoms with E-state index in [0.29, 0.717) is 19.8 Å². The predicted molar refractivity (Wildman–Crippen MR) is 90.7 cm³/mol. The monoisotopic (exact) mass is 332 g/mol. The van der Waals surface area contributed by atoms with E-state index in [9.17, 15) is 4.79 Å². The molecular weight excluding hydrogens is 308 g/mol. The maximum Gasteiger partial charge on any atom is 0.242 e. The van der Waals surface area contributed by atoms with Crippen molar-refractivity contribution in [3.05, 3.63) is 47.8 Å². The summed E-state index contributed by atoms with van der Waals surface area (Å²) in [7, 11) is 5.20. The van der Waals surface area contributed by atoms with E-state index in [1.165, 1.54) is 0 Å². The molecule has 1 heterocycles. The molecule has 0 spiro atoms. The Bertz CT molecular complexity index is 657. The number of aryl methyl sites for hydroxylation is 1. The third-order valence-corrected chi connectivity index (χ3v) is 3.58. The highest BCUT2D eigenvalue weighted by Gasteiger charge is 2.20. The zero-order valence-corrected chi connectivity index (χ0v) is 14.3. The van der Waals surface area contributed by atoms with Crippen molar-refractivity contribution in [3.8, 4) is 5.75 Å². The lowest BCUT2D eigenvalue weighted by Crippen LogP contribution is -2.35. The number of carbonyl (C=O) groups excluding carboxylic acids is 1. The lowest BCUT2D eigenvalue weighted by molar-refractivity contribution is -0.123. The van der Waals surface area contributed by atoms with Crippen LogP contribution in [0.4, 0.5) is 0 Å². The Morgan fingerprint density at radius 1 is 1.33 bits per heavy atom. The molecule has 7 nitrogen and oxygen atoms in total. The molecule has 1 atom stereocenters. The molecule has 0 radical (unpaired) electrons. The summed E-state index contributed by atoms with van der Waals surface area (Å²) >= 11 is 0. The van der Waals surface area contributed by atoms with Crippen molar-refractivity contribution >= 4 is 5.91 Å². The normalized spacial score (nSPS) is 12.0. The van der Waals surface area contributed by atoms with Crippen LogP contribution in [-0.4, -0.2) is 43.1 Å². The number of methoxy groups -OCH3 is 1. The van der Waals surface area contributed by atoms with Gasteiger partial charge in [-0.05, 0) is 13.1 Å². The Kier molecular flexibility index (Phi) is 6.77.